The lowest BCUT2D eigenvalue weighted by atomic mass is 10.2. The molecule has 0 aliphatic rings. The lowest BCUT2D eigenvalue weighted by Gasteiger charge is -2.05. The lowest BCUT2D eigenvalue weighted by molar-refractivity contribution is 0.283. The molecule has 0 heterocycles. The van der Waals surface area contributed by atoms with E-state index in [0.717, 1.165) is 5.56 Å². The highest BCUT2D eigenvalue weighted by atomic mass is 31.2. The van der Waals surface area contributed by atoms with Gasteiger partial charge in [-0.05, 0) is 17.7 Å². The zero-order valence-corrected chi connectivity index (χ0v) is 7.65. The zero-order chi connectivity index (χ0) is 9.90. The topological polar surface area (TPSA) is 66.8 Å². The maximum Gasteiger partial charge on any atom is 0.524 e. The fraction of sp³-hybridized carbons (Fsp3) is 0. The van der Waals surface area contributed by atoms with Crippen molar-refractivity contribution in [3.05, 3.63) is 36.4 Å². The third-order valence-electron chi connectivity index (χ3n) is 1.34. The Morgan fingerprint density at radius 2 is 1.85 bits per heavy atom. The van der Waals surface area contributed by atoms with Crippen molar-refractivity contribution >= 4 is 13.9 Å². The van der Waals surface area contributed by atoms with Crippen LogP contribution in [0, 0.1) is 0 Å². The summed E-state index contributed by atoms with van der Waals surface area (Å²) < 4.78 is 14.7. The van der Waals surface area contributed by atoms with Crippen molar-refractivity contribution in [3.8, 4) is 5.75 Å². The molecule has 1 rings (SSSR count). The highest BCUT2D eigenvalue weighted by Gasteiger charge is 2.14. The van der Waals surface area contributed by atoms with Crippen molar-refractivity contribution in [1.82, 2.24) is 0 Å². The van der Waals surface area contributed by atoms with Crippen molar-refractivity contribution in [1.29, 1.82) is 0 Å². The average Bonchev–Trinajstić information content (AvgIpc) is 2.03. The molecule has 70 valence electrons. The average molecular weight is 200 g/mol. The summed E-state index contributed by atoms with van der Waals surface area (Å²) in [5, 5.41) is 0. The first-order valence-corrected chi connectivity index (χ1v) is 5.02. The van der Waals surface area contributed by atoms with Crippen LogP contribution in [-0.2, 0) is 4.57 Å². The van der Waals surface area contributed by atoms with E-state index in [1.54, 1.807) is 18.2 Å². The van der Waals surface area contributed by atoms with E-state index in [1.165, 1.54) is 12.1 Å². The molecule has 2 N–H and O–H groups in total. The quantitative estimate of drug-likeness (QED) is 0.730. The Labute approximate surface area is 75.7 Å². The van der Waals surface area contributed by atoms with E-state index in [1.807, 2.05) is 0 Å². The molecule has 0 bridgehead atoms. The molecule has 0 aliphatic carbocycles. The largest absolute Gasteiger partial charge is 0.524 e. The normalized spacial score (nSPS) is 10.9. The van der Waals surface area contributed by atoms with Gasteiger partial charge in [0.25, 0.3) is 0 Å². The molecule has 13 heavy (non-hydrogen) atoms. The number of hydrogen-bond acceptors (Lipinski definition) is 2. The summed E-state index contributed by atoms with van der Waals surface area (Å²) in [7, 11) is -4.44. The molecule has 0 unspecified atom stereocenters. The molecule has 1 aromatic carbocycles. The van der Waals surface area contributed by atoms with Crippen LogP contribution in [0.25, 0.3) is 6.08 Å². The van der Waals surface area contributed by atoms with Crippen LogP contribution in [-0.4, -0.2) is 9.79 Å². The zero-order valence-electron chi connectivity index (χ0n) is 6.75. The summed E-state index contributed by atoms with van der Waals surface area (Å²) in [6.07, 6.45) is 1.63. The summed E-state index contributed by atoms with van der Waals surface area (Å²) in [6.45, 7) is 3.54. The molecule has 0 saturated carbocycles. The second-order valence-corrected chi connectivity index (χ2v) is 3.52. The minimum absolute atomic E-state index is 0.138. The summed E-state index contributed by atoms with van der Waals surface area (Å²) >= 11 is 0. The number of phosphoric ester groups is 1. The first-order chi connectivity index (χ1) is 6.01. The minimum atomic E-state index is -4.44. The van der Waals surface area contributed by atoms with E-state index < -0.39 is 7.82 Å². The molecule has 0 amide bonds. The van der Waals surface area contributed by atoms with Crippen molar-refractivity contribution in [3.63, 3.8) is 0 Å². The van der Waals surface area contributed by atoms with E-state index in [9.17, 15) is 4.57 Å². The van der Waals surface area contributed by atoms with Gasteiger partial charge < -0.3 is 4.52 Å². The van der Waals surface area contributed by atoms with Gasteiger partial charge in [-0.1, -0.05) is 24.8 Å². The Hall–Kier alpha value is -1.09. The van der Waals surface area contributed by atoms with Gasteiger partial charge in [0.2, 0.25) is 0 Å². The number of benzene rings is 1. The van der Waals surface area contributed by atoms with Gasteiger partial charge in [-0.2, -0.15) is 0 Å². The highest BCUT2D eigenvalue weighted by molar-refractivity contribution is 7.46. The fourth-order valence-electron chi connectivity index (χ4n) is 0.802. The summed E-state index contributed by atoms with van der Waals surface area (Å²) in [6, 6.07) is 6.24. The second kappa shape index (κ2) is 3.75. The van der Waals surface area contributed by atoms with Crippen LogP contribution in [0.15, 0.2) is 30.8 Å². The van der Waals surface area contributed by atoms with Gasteiger partial charge in [-0.15, -0.1) is 0 Å². The number of hydrogen-bond donors (Lipinski definition) is 2. The van der Waals surface area contributed by atoms with Crippen LogP contribution < -0.4 is 4.52 Å². The van der Waals surface area contributed by atoms with Gasteiger partial charge in [-0.3, -0.25) is 9.79 Å². The molecule has 0 radical (unpaired) electrons. The second-order valence-electron chi connectivity index (χ2n) is 2.36. The van der Waals surface area contributed by atoms with Crippen LogP contribution in [0.2, 0.25) is 0 Å². The van der Waals surface area contributed by atoms with Gasteiger partial charge in [-0.25, -0.2) is 4.57 Å². The van der Waals surface area contributed by atoms with Crippen LogP contribution in [0.3, 0.4) is 0 Å². The van der Waals surface area contributed by atoms with E-state index in [4.69, 9.17) is 9.79 Å². The third kappa shape index (κ3) is 3.42. The summed E-state index contributed by atoms with van der Waals surface area (Å²) in [5.41, 5.74) is 0.859. The Morgan fingerprint density at radius 3 is 2.23 bits per heavy atom. The third-order valence-corrected chi connectivity index (χ3v) is 1.79. The molecule has 1 aromatic rings. The van der Waals surface area contributed by atoms with E-state index in [-0.39, 0.29) is 5.75 Å². The van der Waals surface area contributed by atoms with Gasteiger partial charge in [0.05, 0.1) is 0 Å². The first kappa shape index (κ1) is 9.99. The van der Waals surface area contributed by atoms with Gasteiger partial charge >= 0.3 is 7.82 Å². The molecule has 0 aromatic heterocycles. The maximum atomic E-state index is 10.4. The molecular formula is C8H9O4P. The standard InChI is InChI=1S/C8H9O4P/c1-2-7-3-5-8(6-4-7)12-13(9,10)11/h2-6H,1H2,(H2,9,10,11). The monoisotopic (exact) mass is 200 g/mol. The Balaban J connectivity index is 2.81. The number of rotatable bonds is 3. The van der Waals surface area contributed by atoms with Gasteiger partial charge in [0.15, 0.2) is 0 Å². The fourth-order valence-corrected chi connectivity index (χ4v) is 1.20. The van der Waals surface area contributed by atoms with Crippen LogP contribution in [0.1, 0.15) is 5.56 Å². The van der Waals surface area contributed by atoms with Crippen LogP contribution in [0.5, 0.6) is 5.75 Å². The van der Waals surface area contributed by atoms with Crippen molar-refractivity contribution < 1.29 is 18.9 Å². The highest BCUT2D eigenvalue weighted by Crippen LogP contribution is 2.37. The Kier molecular flexibility index (Phi) is 2.88. The molecular weight excluding hydrogens is 191 g/mol. The molecule has 0 spiro atoms. The minimum Gasteiger partial charge on any atom is -0.404 e. The predicted molar refractivity (Wildman–Crippen MR) is 49.2 cm³/mol. The molecule has 4 nitrogen and oxygen atoms in total. The van der Waals surface area contributed by atoms with Crippen LogP contribution in [0.4, 0.5) is 0 Å². The molecule has 0 saturated heterocycles. The molecule has 0 atom stereocenters. The van der Waals surface area contributed by atoms with Crippen molar-refractivity contribution in [2.45, 2.75) is 0 Å². The lowest BCUT2D eigenvalue weighted by Crippen LogP contribution is -1.89. The summed E-state index contributed by atoms with van der Waals surface area (Å²) in [5.74, 6) is 0.138. The summed E-state index contributed by atoms with van der Waals surface area (Å²) in [4.78, 5) is 16.9. The Bertz CT molecular complexity index is 338. The predicted octanol–water partition coefficient (Wildman–Crippen LogP) is 1.80. The van der Waals surface area contributed by atoms with E-state index >= 15 is 0 Å². The maximum absolute atomic E-state index is 10.4. The molecule has 0 fully saturated rings. The van der Waals surface area contributed by atoms with Crippen LogP contribution >= 0.6 is 7.82 Å². The number of phosphoric acid groups is 1. The van der Waals surface area contributed by atoms with Gasteiger partial charge in [0.1, 0.15) is 5.75 Å². The smallest absolute Gasteiger partial charge is 0.404 e. The SMILES string of the molecule is C=Cc1ccc(OP(=O)(O)O)cc1. The van der Waals surface area contributed by atoms with E-state index in [0.29, 0.717) is 0 Å². The molecule has 5 heteroatoms. The Morgan fingerprint density at radius 1 is 1.31 bits per heavy atom. The van der Waals surface area contributed by atoms with Crippen molar-refractivity contribution in [2.75, 3.05) is 0 Å². The van der Waals surface area contributed by atoms with E-state index in [2.05, 4.69) is 11.1 Å². The van der Waals surface area contributed by atoms with Gasteiger partial charge in [0, 0.05) is 0 Å². The van der Waals surface area contributed by atoms with Crippen molar-refractivity contribution in [2.24, 2.45) is 0 Å². The molecule has 0 aliphatic heterocycles. The first-order valence-electron chi connectivity index (χ1n) is 3.49.